The molecule has 0 saturated carbocycles. The van der Waals surface area contributed by atoms with Gasteiger partial charge < -0.3 is 0 Å². The molecule has 6 heavy (non-hydrogen) atoms. The van der Waals surface area contributed by atoms with Crippen molar-refractivity contribution in [2.24, 2.45) is 0 Å². The van der Waals surface area contributed by atoms with E-state index in [1.165, 1.54) is 11.8 Å². The molecule has 1 N–H and O–H groups in total. The van der Waals surface area contributed by atoms with E-state index in [2.05, 4.69) is 5.32 Å². The minimum absolute atomic E-state index is 0.537. The van der Waals surface area contributed by atoms with Gasteiger partial charge in [-0.25, -0.2) is 5.11 Å². The van der Waals surface area contributed by atoms with Gasteiger partial charge in [0, 0.05) is 12.3 Å². The molecule has 0 spiro atoms. The third kappa shape index (κ3) is 0.864. The van der Waals surface area contributed by atoms with Crippen LogP contribution in [-0.4, -0.2) is 17.9 Å². The van der Waals surface area contributed by atoms with Crippen LogP contribution >= 0.6 is 11.8 Å². The van der Waals surface area contributed by atoms with Crippen LogP contribution in [0, 0.1) is 0 Å². The van der Waals surface area contributed by atoms with Gasteiger partial charge in [-0.2, -0.15) is 0 Å². The van der Waals surface area contributed by atoms with Gasteiger partial charge in [-0.05, 0) is 0 Å². The van der Waals surface area contributed by atoms with Gasteiger partial charge in [-0.1, -0.05) is 0 Å². The standard InChI is InChI=1S/C3H6NOS/c5-3-4-1-2-6-3/h3-4H,1-2H2. The summed E-state index contributed by atoms with van der Waals surface area (Å²) in [5, 5.41) is 12.9. The van der Waals surface area contributed by atoms with E-state index in [9.17, 15) is 5.11 Å². The Morgan fingerprint density at radius 1 is 1.83 bits per heavy atom. The third-order valence-corrected chi connectivity index (χ3v) is 1.59. The highest BCUT2D eigenvalue weighted by Gasteiger charge is 2.10. The highest BCUT2D eigenvalue weighted by Crippen LogP contribution is 2.09. The highest BCUT2D eigenvalue weighted by atomic mass is 32.2. The zero-order valence-corrected chi connectivity index (χ0v) is 4.12. The molecular formula is C3H6NOS. The summed E-state index contributed by atoms with van der Waals surface area (Å²) in [5.41, 5.74) is -0.537. The predicted octanol–water partition coefficient (Wildman–Crippen LogP) is 0.0369. The van der Waals surface area contributed by atoms with E-state index in [-0.39, 0.29) is 0 Å². The monoisotopic (exact) mass is 104 g/mol. The fourth-order valence-corrected chi connectivity index (χ4v) is 1.09. The van der Waals surface area contributed by atoms with E-state index in [0.717, 1.165) is 12.3 Å². The fourth-order valence-electron chi connectivity index (χ4n) is 0.402. The Morgan fingerprint density at radius 3 is 2.83 bits per heavy atom. The van der Waals surface area contributed by atoms with Gasteiger partial charge in [0.2, 0.25) is 0 Å². The second kappa shape index (κ2) is 1.82. The van der Waals surface area contributed by atoms with Crippen molar-refractivity contribution in [1.29, 1.82) is 0 Å². The molecule has 1 aliphatic rings. The first kappa shape index (κ1) is 4.43. The van der Waals surface area contributed by atoms with Gasteiger partial charge in [0.05, 0.1) is 0 Å². The Labute approximate surface area is 40.9 Å². The minimum Gasteiger partial charge on any atom is -0.280 e. The summed E-state index contributed by atoms with van der Waals surface area (Å²) in [5.74, 6) is 0.980. The van der Waals surface area contributed by atoms with Crippen LogP contribution in [0.15, 0.2) is 0 Å². The molecule has 0 aromatic heterocycles. The van der Waals surface area contributed by atoms with Gasteiger partial charge in [-0.3, -0.25) is 5.32 Å². The molecule has 1 heterocycles. The fraction of sp³-hybridized carbons (Fsp3) is 1.00. The number of thioether (sulfide) groups is 1. The van der Waals surface area contributed by atoms with Gasteiger partial charge in [0.25, 0.3) is 0 Å². The highest BCUT2D eigenvalue weighted by molar-refractivity contribution is 7.99. The number of hydrogen-bond donors (Lipinski definition) is 1. The summed E-state index contributed by atoms with van der Waals surface area (Å²) in [6, 6.07) is 0. The zero-order valence-electron chi connectivity index (χ0n) is 3.31. The molecule has 3 heteroatoms. The van der Waals surface area contributed by atoms with E-state index in [4.69, 9.17) is 0 Å². The molecular weight excluding hydrogens is 98.1 g/mol. The Hall–Kier alpha value is 0.270. The Kier molecular flexibility index (Phi) is 1.34. The quantitative estimate of drug-likeness (QED) is 0.470. The van der Waals surface area contributed by atoms with Crippen LogP contribution in [0.4, 0.5) is 0 Å². The second-order valence-electron chi connectivity index (χ2n) is 1.16. The van der Waals surface area contributed by atoms with Gasteiger partial charge >= 0.3 is 0 Å². The van der Waals surface area contributed by atoms with Gasteiger partial charge in [-0.15, -0.1) is 11.8 Å². The van der Waals surface area contributed by atoms with E-state index in [1.54, 1.807) is 0 Å². The lowest BCUT2D eigenvalue weighted by Crippen LogP contribution is -2.16. The molecule has 35 valence electrons. The summed E-state index contributed by atoms with van der Waals surface area (Å²) in [7, 11) is 0. The maximum Gasteiger partial charge on any atom is 0.190 e. The largest absolute Gasteiger partial charge is 0.280 e. The Morgan fingerprint density at radius 2 is 2.67 bits per heavy atom. The summed E-state index contributed by atoms with van der Waals surface area (Å²) in [6.07, 6.45) is 0. The van der Waals surface area contributed by atoms with E-state index in [1.807, 2.05) is 0 Å². The number of nitrogens with one attached hydrogen (secondary N) is 1. The topological polar surface area (TPSA) is 31.9 Å². The molecule has 0 amide bonds. The smallest absolute Gasteiger partial charge is 0.190 e. The molecule has 0 bridgehead atoms. The predicted molar refractivity (Wildman–Crippen MR) is 24.9 cm³/mol. The van der Waals surface area contributed by atoms with Crippen molar-refractivity contribution < 1.29 is 5.11 Å². The van der Waals surface area contributed by atoms with E-state index in [0.29, 0.717) is 0 Å². The lowest BCUT2D eigenvalue weighted by atomic mass is 10.8. The number of hydrogen-bond acceptors (Lipinski definition) is 2. The molecule has 1 atom stereocenters. The molecule has 1 unspecified atom stereocenters. The average Bonchev–Trinajstić information content (AvgIpc) is 1.86. The summed E-state index contributed by atoms with van der Waals surface area (Å²) < 4.78 is 0. The molecule has 2 nitrogen and oxygen atoms in total. The van der Waals surface area contributed by atoms with Crippen molar-refractivity contribution in [2.75, 3.05) is 12.3 Å². The summed E-state index contributed by atoms with van der Waals surface area (Å²) in [4.78, 5) is 0. The molecule has 1 aliphatic heterocycles. The van der Waals surface area contributed by atoms with Crippen molar-refractivity contribution in [3.8, 4) is 0 Å². The third-order valence-electron chi connectivity index (χ3n) is 0.682. The first-order valence-electron chi connectivity index (χ1n) is 1.90. The molecule has 1 fully saturated rings. The zero-order chi connectivity index (χ0) is 4.41. The summed E-state index contributed by atoms with van der Waals surface area (Å²) >= 11 is 1.43. The van der Waals surface area contributed by atoms with Gasteiger partial charge in [0.15, 0.2) is 5.56 Å². The maximum absolute atomic E-state index is 10.2. The molecule has 1 saturated heterocycles. The van der Waals surface area contributed by atoms with Crippen LogP contribution in [-0.2, 0) is 5.11 Å². The van der Waals surface area contributed by atoms with Crippen molar-refractivity contribution in [3.05, 3.63) is 0 Å². The van der Waals surface area contributed by atoms with Crippen LogP contribution in [0.3, 0.4) is 0 Å². The molecule has 0 aromatic rings. The van der Waals surface area contributed by atoms with Crippen molar-refractivity contribution in [3.63, 3.8) is 0 Å². The second-order valence-corrected chi connectivity index (χ2v) is 2.33. The molecule has 1 rings (SSSR count). The maximum atomic E-state index is 10.2. The lowest BCUT2D eigenvalue weighted by molar-refractivity contribution is 0.144. The van der Waals surface area contributed by atoms with Crippen LogP contribution in [0.2, 0.25) is 0 Å². The van der Waals surface area contributed by atoms with Gasteiger partial charge in [0.1, 0.15) is 0 Å². The van der Waals surface area contributed by atoms with Crippen LogP contribution in [0.25, 0.3) is 0 Å². The Bertz CT molecular complexity index is 44.1. The van der Waals surface area contributed by atoms with Crippen molar-refractivity contribution in [1.82, 2.24) is 5.32 Å². The SMILES string of the molecule is [O]C1NCCS1. The minimum atomic E-state index is -0.537. The Balaban J connectivity index is 2.18. The first-order chi connectivity index (χ1) is 2.89. The molecule has 0 aromatic carbocycles. The lowest BCUT2D eigenvalue weighted by Gasteiger charge is -1.89. The van der Waals surface area contributed by atoms with E-state index >= 15 is 0 Å². The van der Waals surface area contributed by atoms with E-state index < -0.39 is 5.56 Å². The number of rotatable bonds is 0. The van der Waals surface area contributed by atoms with Crippen molar-refractivity contribution >= 4 is 11.8 Å². The van der Waals surface area contributed by atoms with Crippen molar-refractivity contribution in [2.45, 2.75) is 5.56 Å². The van der Waals surface area contributed by atoms with Crippen LogP contribution in [0.5, 0.6) is 0 Å². The molecule has 0 aliphatic carbocycles. The molecule has 1 radical (unpaired) electrons. The van der Waals surface area contributed by atoms with Crippen LogP contribution < -0.4 is 5.32 Å². The van der Waals surface area contributed by atoms with Crippen LogP contribution in [0.1, 0.15) is 0 Å². The first-order valence-corrected chi connectivity index (χ1v) is 2.95. The average molecular weight is 104 g/mol. The normalized spacial score (nSPS) is 34.5. The summed E-state index contributed by atoms with van der Waals surface area (Å²) in [6.45, 7) is 0.888.